The van der Waals surface area contributed by atoms with Crippen molar-refractivity contribution in [2.45, 2.75) is 32.9 Å². The highest BCUT2D eigenvalue weighted by atomic mass is 19.1. The molecule has 0 atom stereocenters. The molecule has 0 spiro atoms. The van der Waals surface area contributed by atoms with Crippen LogP contribution >= 0.6 is 0 Å². The van der Waals surface area contributed by atoms with Crippen molar-refractivity contribution in [3.63, 3.8) is 0 Å². The zero-order valence-electron chi connectivity index (χ0n) is 17.8. The first-order chi connectivity index (χ1) is 15.3. The highest BCUT2D eigenvalue weighted by molar-refractivity contribution is 5.73. The molecule has 0 saturated carbocycles. The fourth-order valence-electron chi connectivity index (χ4n) is 2.91. The van der Waals surface area contributed by atoms with Gasteiger partial charge >= 0.3 is 6.09 Å². The Morgan fingerprint density at radius 2 is 1.94 bits per heavy atom. The molecule has 0 bridgehead atoms. The highest BCUT2D eigenvalue weighted by Gasteiger charge is 2.16. The van der Waals surface area contributed by atoms with E-state index < -0.39 is 11.7 Å². The summed E-state index contributed by atoms with van der Waals surface area (Å²) < 4.78 is 20.0. The van der Waals surface area contributed by atoms with E-state index in [1.807, 2.05) is 45.0 Å². The summed E-state index contributed by atoms with van der Waals surface area (Å²) >= 11 is 0. The van der Waals surface area contributed by atoms with Crippen LogP contribution in [0.4, 0.5) is 20.8 Å². The molecular formula is C22H22FN7O2. The van der Waals surface area contributed by atoms with Crippen LogP contribution in [0.1, 0.15) is 26.3 Å². The van der Waals surface area contributed by atoms with Gasteiger partial charge in [0.15, 0.2) is 11.2 Å². The second kappa shape index (κ2) is 8.58. The third kappa shape index (κ3) is 5.15. The third-order valence-electron chi connectivity index (χ3n) is 4.28. The smallest absolute Gasteiger partial charge is 0.407 e. The number of hydrogen-bond acceptors (Lipinski definition) is 7. The van der Waals surface area contributed by atoms with Crippen molar-refractivity contribution in [3.05, 3.63) is 66.1 Å². The molecule has 2 N–H and O–H groups in total. The Bertz CT molecular complexity index is 1250. The molecule has 0 unspecified atom stereocenters. The van der Waals surface area contributed by atoms with Crippen LogP contribution in [0.2, 0.25) is 0 Å². The maximum Gasteiger partial charge on any atom is 0.407 e. The van der Waals surface area contributed by atoms with E-state index in [4.69, 9.17) is 4.74 Å². The van der Waals surface area contributed by atoms with Crippen molar-refractivity contribution < 1.29 is 13.9 Å². The van der Waals surface area contributed by atoms with Gasteiger partial charge in [-0.3, -0.25) is 0 Å². The number of fused-ring (bicyclic) bond motifs is 1. The first-order valence-electron chi connectivity index (χ1n) is 9.94. The normalized spacial score (nSPS) is 11.4. The van der Waals surface area contributed by atoms with Crippen molar-refractivity contribution in [1.29, 1.82) is 0 Å². The van der Waals surface area contributed by atoms with Gasteiger partial charge in [0, 0.05) is 12.2 Å². The van der Waals surface area contributed by atoms with E-state index in [2.05, 4.69) is 30.9 Å². The number of benzene rings is 2. The molecule has 0 radical (unpaired) electrons. The predicted molar refractivity (Wildman–Crippen MR) is 117 cm³/mol. The lowest BCUT2D eigenvalue weighted by Crippen LogP contribution is -2.32. The fraction of sp³-hybridized carbons (Fsp3) is 0.227. The van der Waals surface area contributed by atoms with Crippen LogP contribution in [0, 0.1) is 5.82 Å². The zero-order chi connectivity index (χ0) is 22.7. The molecule has 0 aliphatic heterocycles. The molecule has 4 rings (SSSR count). The monoisotopic (exact) mass is 435 g/mol. The summed E-state index contributed by atoms with van der Waals surface area (Å²) in [7, 11) is 0. The number of halogens is 1. The number of nitrogens with zero attached hydrogens (tertiary/aromatic N) is 5. The molecule has 10 heteroatoms. The summed E-state index contributed by atoms with van der Waals surface area (Å²) in [5.74, 6) is 0.00522. The quantitative estimate of drug-likeness (QED) is 0.486. The molecule has 9 nitrogen and oxygen atoms in total. The topological polar surface area (TPSA) is 107 Å². The zero-order valence-corrected chi connectivity index (χ0v) is 17.8. The number of carbonyl (C=O) groups is 1. The van der Waals surface area contributed by atoms with Crippen LogP contribution in [0.15, 0.2) is 54.7 Å². The van der Waals surface area contributed by atoms with Crippen molar-refractivity contribution in [3.8, 4) is 5.69 Å². The molecular weight excluding hydrogens is 413 g/mol. The van der Waals surface area contributed by atoms with Gasteiger partial charge < -0.3 is 15.4 Å². The second-order valence-electron chi connectivity index (χ2n) is 8.06. The van der Waals surface area contributed by atoms with Gasteiger partial charge in [-0.2, -0.15) is 9.67 Å². The average Bonchev–Trinajstić information content (AvgIpc) is 3.16. The number of ether oxygens (including phenoxy) is 1. The standard InChI is InChI=1S/C22H22FN7O2/c1-22(2,3)32-21(31)25-12-14-5-4-6-17(11-14)30-19-18(28-29-30)13-24-20(27-19)26-16-9-7-15(23)8-10-16/h4-11,13H,12H2,1-3H3,(H,25,31)(H,24,26,27). The van der Waals surface area contributed by atoms with Gasteiger partial charge in [0.25, 0.3) is 0 Å². The van der Waals surface area contributed by atoms with Gasteiger partial charge in [-0.15, -0.1) is 5.10 Å². The van der Waals surface area contributed by atoms with Crippen molar-refractivity contribution in [2.24, 2.45) is 0 Å². The number of aromatic nitrogens is 5. The van der Waals surface area contributed by atoms with E-state index in [1.54, 1.807) is 23.0 Å². The predicted octanol–water partition coefficient (Wildman–Crippen LogP) is 4.12. The van der Waals surface area contributed by atoms with Crippen LogP contribution in [0.5, 0.6) is 0 Å². The summed E-state index contributed by atoms with van der Waals surface area (Å²) in [4.78, 5) is 20.7. The molecule has 1 amide bonds. The van der Waals surface area contributed by atoms with Crippen LogP contribution in [0.3, 0.4) is 0 Å². The van der Waals surface area contributed by atoms with Crippen LogP contribution in [-0.2, 0) is 11.3 Å². The molecule has 0 saturated heterocycles. The van der Waals surface area contributed by atoms with Crippen LogP contribution in [0.25, 0.3) is 16.9 Å². The van der Waals surface area contributed by atoms with Gasteiger partial charge in [0.2, 0.25) is 5.95 Å². The number of anilines is 2. The Labute approximate surface area is 183 Å². The summed E-state index contributed by atoms with van der Waals surface area (Å²) in [5.41, 5.74) is 2.69. The number of alkyl carbamates (subject to hydrolysis) is 1. The summed E-state index contributed by atoms with van der Waals surface area (Å²) in [6.07, 6.45) is 1.07. The van der Waals surface area contributed by atoms with Crippen molar-refractivity contribution in [2.75, 3.05) is 5.32 Å². The fourth-order valence-corrected chi connectivity index (χ4v) is 2.91. The van der Waals surface area contributed by atoms with E-state index in [-0.39, 0.29) is 5.82 Å². The number of rotatable bonds is 5. The Morgan fingerprint density at radius 1 is 1.16 bits per heavy atom. The molecule has 2 heterocycles. The maximum absolute atomic E-state index is 13.1. The lowest BCUT2D eigenvalue weighted by atomic mass is 10.2. The average molecular weight is 435 g/mol. The maximum atomic E-state index is 13.1. The van der Waals surface area contributed by atoms with E-state index in [1.165, 1.54) is 12.1 Å². The largest absolute Gasteiger partial charge is 0.444 e. The molecule has 4 aromatic rings. The highest BCUT2D eigenvalue weighted by Crippen LogP contribution is 2.19. The number of hydrogen-bond donors (Lipinski definition) is 2. The SMILES string of the molecule is CC(C)(C)OC(=O)NCc1cccc(-n2nnc3cnc(Nc4ccc(F)cc4)nc32)c1. The Morgan fingerprint density at radius 3 is 2.69 bits per heavy atom. The number of amides is 1. The minimum absolute atomic E-state index is 0.293. The molecule has 0 aliphatic carbocycles. The summed E-state index contributed by atoms with van der Waals surface area (Å²) in [6.45, 7) is 5.72. The van der Waals surface area contributed by atoms with Gasteiger partial charge in [-0.05, 0) is 62.7 Å². The second-order valence-corrected chi connectivity index (χ2v) is 8.06. The first-order valence-corrected chi connectivity index (χ1v) is 9.94. The molecule has 32 heavy (non-hydrogen) atoms. The molecule has 0 aliphatic rings. The van der Waals surface area contributed by atoms with Crippen molar-refractivity contribution in [1.82, 2.24) is 30.3 Å². The van der Waals surface area contributed by atoms with Gasteiger partial charge in [-0.1, -0.05) is 17.3 Å². The summed E-state index contributed by atoms with van der Waals surface area (Å²) in [6, 6.07) is 13.4. The number of carbonyl (C=O) groups excluding carboxylic acids is 1. The van der Waals surface area contributed by atoms with Crippen LogP contribution < -0.4 is 10.6 Å². The third-order valence-corrected chi connectivity index (χ3v) is 4.28. The van der Waals surface area contributed by atoms with Crippen molar-refractivity contribution >= 4 is 28.9 Å². The Balaban J connectivity index is 1.54. The lowest BCUT2D eigenvalue weighted by molar-refractivity contribution is 0.0523. The Hall–Kier alpha value is -4.08. The lowest BCUT2D eigenvalue weighted by Gasteiger charge is -2.19. The van der Waals surface area contributed by atoms with Gasteiger partial charge in [-0.25, -0.2) is 14.2 Å². The van der Waals surface area contributed by atoms with E-state index in [0.717, 1.165) is 11.3 Å². The minimum Gasteiger partial charge on any atom is -0.444 e. The Kier molecular flexibility index (Phi) is 5.67. The molecule has 2 aromatic heterocycles. The van der Waals surface area contributed by atoms with E-state index in [0.29, 0.717) is 29.3 Å². The molecule has 164 valence electrons. The van der Waals surface area contributed by atoms with E-state index >= 15 is 0 Å². The number of nitrogens with one attached hydrogen (secondary N) is 2. The van der Waals surface area contributed by atoms with Crippen LogP contribution in [-0.4, -0.2) is 36.7 Å². The van der Waals surface area contributed by atoms with E-state index in [9.17, 15) is 9.18 Å². The summed E-state index contributed by atoms with van der Waals surface area (Å²) in [5, 5.41) is 14.1. The van der Waals surface area contributed by atoms with Gasteiger partial charge in [0.1, 0.15) is 11.4 Å². The van der Waals surface area contributed by atoms with Gasteiger partial charge in [0.05, 0.1) is 11.9 Å². The molecule has 0 fully saturated rings. The minimum atomic E-state index is -0.565. The first kappa shape index (κ1) is 21.2. The molecule has 2 aromatic carbocycles.